The highest BCUT2D eigenvalue weighted by Gasteiger charge is 2.25. The topological polar surface area (TPSA) is 90.2 Å². The standard InChI is InChI=1S/C27H30N8/c1-16-22(23-13-29-33(4)18(23)3)8-5-19-6-9-24(30-26(16)19)27-32-31-25-10-7-20(14-35(25)27)17(2)34-12-11-21(28)15-34/h5-10,13-14,17,21H,11-12,15,28H2,1-4H3/t17-,21-/m0/s1. The number of rotatable bonds is 4. The molecular weight excluding hydrogens is 436 g/mol. The van der Waals surface area contributed by atoms with Crippen LogP contribution < -0.4 is 5.73 Å². The molecular formula is C27H30N8. The fourth-order valence-corrected chi connectivity index (χ4v) is 5.22. The molecule has 1 aliphatic heterocycles. The fourth-order valence-electron chi connectivity index (χ4n) is 5.22. The Morgan fingerprint density at radius 2 is 1.86 bits per heavy atom. The van der Waals surface area contributed by atoms with E-state index in [1.165, 1.54) is 5.56 Å². The molecule has 0 amide bonds. The van der Waals surface area contributed by atoms with Crippen molar-refractivity contribution in [2.24, 2.45) is 12.8 Å². The summed E-state index contributed by atoms with van der Waals surface area (Å²) in [6, 6.07) is 13.2. The molecule has 1 aromatic carbocycles. The zero-order valence-corrected chi connectivity index (χ0v) is 20.6. The van der Waals surface area contributed by atoms with Gasteiger partial charge in [0.15, 0.2) is 11.5 Å². The lowest BCUT2D eigenvalue weighted by Gasteiger charge is -2.24. The van der Waals surface area contributed by atoms with E-state index in [9.17, 15) is 0 Å². The van der Waals surface area contributed by atoms with E-state index in [1.54, 1.807) is 0 Å². The second-order valence-corrected chi connectivity index (χ2v) is 9.71. The molecule has 5 aromatic rings. The maximum absolute atomic E-state index is 6.15. The summed E-state index contributed by atoms with van der Waals surface area (Å²) in [5.41, 5.74) is 14.5. The third-order valence-electron chi connectivity index (χ3n) is 7.58. The van der Waals surface area contributed by atoms with Crippen molar-refractivity contribution in [3.63, 3.8) is 0 Å². The predicted octanol–water partition coefficient (Wildman–Crippen LogP) is 4.06. The SMILES string of the molecule is Cc1c(-c2cnn(C)c2C)ccc2ccc(-c3nnc4ccc([C@H](C)N5CC[C@H](N)C5)cn34)nc12. The van der Waals surface area contributed by atoms with Crippen molar-refractivity contribution in [2.45, 2.75) is 39.3 Å². The van der Waals surface area contributed by atoms with Crippen molar-refractivity contribution in [3.8, 4) is 22.6 Å². The van der Waals surface area contributed by atoms with Crippen molar-refractivity contribution < 1.29 is 0 Å². The van der Waals surface area contributed by atoms with E-state index >= 15 is 0 Å². The molecule has 0 bridgehead atoms. The van der Waals surface area contributed by atoms with Crippen LogP contribution in [-0.2, 0) is 7.05 Å². The minimum absolute atomic E-state index is 0.261. The number of nitrogens with two attached hydrogens (primary N) is 1. The van der Waals surface area contributed by atoms with Crippen LogP contribution in [0.1, 0.15) is 36.2 Å². The Balaban J connectivity index is 1.43. The van der Waals surface area contributed by atoms with Crippen LogP contribution in [-0.4, -0.2) is 53.4 Å². The highest BCUT2D eigenvalue weighted by Crippen LogP contribution is 2.32. The van der Waals surface area contributed by atoms with Crippen LogP contribution in [0.4, 0.5) is 0 Å². The van der Waals surface area contributed by atoms with Crippen LogP contribution >= 0.6 is 0 Å². The number of aryl methyl sites for hydroxylation is 2. The van der Waals surface area contributed by atoms with Crippen molar-refractivity contribution in [1.29, 1.82) is 0 Å². The van der Waals surface area contributed by atoms with Gasteiger partial charge in [0, 0.05) is 55.1 Å². The Labute approximate surface area is 204 Å². The van der Waals surface area contributed by atoms with Crippen molar-refractivity contribution >= 4 is 16.6 Å². The van der Waals surface area contributed by atoms with Gasteiger partial charge in [-0.2, -0.15) is 5.10 Å². The van der Waals surface area contributed by atoms with E-state index in [2.05, 4.69) is 75.8 Å². The van der Waals surface area contributed by atoms with Gasteiger partial charge in [-0.15, -0.1) is 10.2 Å². The van der Waals surface area contributed by atoms with Crippen LogP contribution in [0.25, 0.3) is 39.2 Å². The van der Waals surface area contributed by atoms with Crippen LogP contribution in [0.15, 0.2) is 48.8 Å². The first-order valence-electron chi connectivity index (χ1n) is 12.1. The number of pyridine rings is 2. The second-order valence-electron chi connectivity index (χ2n) is 9.71. The summed E-state index contributed by atoms with van der Waals surface area (Å²) in [5.74, 6) is 0.747. The van der Waals surface area contributed by atoms with Crippen LogP contribution in [0.3, 0.4) is 0 Å². The van der Waals surface area contributed by atoms with E-state index in [-0.39, 0.29) is 12.1 Å². The van der Waals surface area contributed by atoms with Gasteiger partial charge in [-0.1, -0.05) is 24.3 Å². The van der Waals surface area contributed by atoms with E-state index in [4.69, 9.17) is 10.7 Å². The number of nitrogens with zero attached hydrogens (tertiary/aromatic N) is 7. The van der Waals surface area contributed by atoms with Gasteiger partial charge in [-0.05, 0) is 56.0 Å². The zero-order chi connectivity index (χ0) is 24.3. The molecule has 0 saturated carbocycles. The second kappa shape index (κ2) is 8.25. The fraction of sp³-hybridized carbons (Fsp3) is 0.333. The van der Waals surface area contributed by atoms with Crippen molar-refractivity contribution in [2.75, 3.05) is 13.1 Å². The molecule has 178 valence electrons. The smallest absolute Gasteiger partial charge is 0.187 e. The number of aromatic nitrogens is 6. The summed E-state index contributed by atoms with van der Waals surface area (Å²) in [6.07, 6.45) is 5.12. The summed E-state index contributed by atoms with van der Waals surface area (Å²) in [5, 5.41) is 14.5. The quantitative estimate of drug-likeness (QED) is 0.430. The van der Waals surface area contributed by atoms with Gasteiger partial charge in [-0.25, -0.2) is 4.98 Å². The van der Waals surface area contributed by atoms with Gasteiger partial charge >= 0.3 is 0 Å². The molecule has 2 atom stereocenters. The molecule has 8 heteroatoms. The maximum atomic E-state index is 6.15. The number of benzene rings is 1. The average Bonchev–Trinajstić information content (AvgIpc) is 3.58. The first kappa shape index (κ1) is 21.9. The summed E-state index contributed by atoms with van der Waals surface area (Å²) < 4.78 is 3.96. The van der Waals surface area contributed by atoms with Gasteiger partial charge in [0.2, 0.25) is 0 Å². The lowest BCUT2D eigenvalue weighted by Crippen LogP contribution is -2.28. The lowest BCUT2D eigenvalue weighted by molar-refractivity contribution is 0.259. The van der Waals surface area contributed by atoms with Crippen molar-refractivity contribution in [1.82, 2.24) is 34.3 Å². The van der Waals surface area contributed by atoms with E-state index in [0.29, 0.717) is 0 Å². The molecule has 4 aromatic heterocycles. The Morgan fingerprint density at radius 3 is 2.60 bits per heavy atom. The third-order valence-corrected chi connectivity index (χ3v) is 7.58. The molecule has 1 aliphatic rings. The van der Waals surface area contributed by atoms with Gasteiger partial charge in [-0.3, -0.25) is 14.0 Å². The highest BCUT2D eigenvalue weighted by atomic mass is 15.3. The number of fused-ring (bicyclic) bond motifs is 2. The van der Waals surface area contributed by atoms with E-state index < -0.39 is 0 Å². The van der Waals surface area contributed by atoms with Crippen molar-refractivity contribution in [3.05, 3.63) is 65.6 Å². The van der Waals surface area contributed by atoms with E-state index in [0.717, 1.165) is 70.0 Å². The average molecular weight is 467 g/mol. The first-order valence-corrected chi connectivity index (χ1v) is 12.1. The molecule has 0 radical (unpaired) electrons. The summed E-state index contributed by atoms with van der Waals surface area (Å²) in [6.45, 7) is 8.41. The molecule has 35 heavy (non-hydrogen) atoms. The molecule has 1 fully saturated rings. The molecule has 0 spiro atoms. The largest absolute Gasteiger partial charge is 0.326 e. The monoisotopic (exact) mass is 466 g/mol. The first-order chi connectivity index (χ1) is 16.9. The molecule has 5 heterocycles. The van der Waals surface area contributed by atoms with Gasteiger partial charge < -0.3 is 5.73 Å². The van der Waals surface area contributed by atoms with Crippen LogP contribution in [0.2, 0.25) is 0 Å². The molecule has 1 saturated heterocycles. The minimum atomic E-state index is 0.261. The molecule has 2 N–H and O–H groups in total. The Bertz CT molecular complexity index is 1560. The summed E-state index contributed by atoms with van der Waals surface area (Å²) >= 11 is 0. The van der Waals surface area contributed by atoms with Crippen LogP contribution in [0, 0.1) is 13.8 Å². The predicted molar refractivity (Wildman–Crippen MR) is 138 cm³/mol. The molecule has 8 nitrogen and oxygen atoms in total. The Morgan fingerprint density at radius 1 is 1.03 bits per heavy atom. The normalized spacial score (nSPS) is 17.6. The number of hydrogen-bond acceptors (Lipinski definition) is 6. The Hall–Kier alpha value is -3.62. The maximum Gasteiger partial charge on any atom is 0.187 e. The molecule has 0 aliphatic carbocycles. The number of likely N-dealkylation sites (tertiary alicyclic amines) is 1. The van der Waals surface area contributed by atoms with Gasteiger partial charge in [0.1, 0.15) is 5.69 Å². The summed E-state index contributed by atoms with van der Waals surface area (Å²) in [7, 11) is 1.97. The summed E-state index contributed by atoms with van der Waals surface area (Å²) in [4.78, 5) is 7.51. The van der Waals surface area contributed by atoms with E-state index in [1.807, 2.05) is 30.1 Å². The Kier molecular flexibility index (Phi) is 5.16. The third kappa shape index (κ3) is 3.61. The highest BCUT2D eigenvalue weighted by molar-refractivity contribution is 5.90. The van der Waals surface area contributed by atoms with Crippen LogP contribution in [0.5, 0.6) is 0 Å². The lowest BCUT2D eigenvalue weighted by atomic mass is 9.98. The number of hydrogen-bond donors (Lipinski definition) is 1. The van der Waals surface area contributed by atoms with Gasteiger partial charge in [0.25, 0.3) is 0 Å². The van der Waals surface area contributed by atoms with Gasteiger partial charge in [0.05, 0.1) is 11.7 Å². The minimum Gasteiger partial charge on any atom is -0.326 e. The molecule has 6 rings (SSSR count). The molecule has 0 unspecified atom stereocenters. The zero-order valence-electron chi connectivity index (χ0n) is 20.6.